The fourth-order valence-corrected chi connectivity index (χ4v) is 4.47. The molecule has 0 bridgehead atoms. The first-order chi connectivity index (χ1) is 15.1. The molecule has 2 aliphatic rings. The Balaban J connectivity index is 1.20. The van der Waals surface area contributed by atoms with Crippen molar-refractivity contribution in [1.82, 2.24) is 20.4 Å². The fourth-order valence-electron chi connectivity index (χ4n) is 4.47. The Morgan fingerprint density at radius 1 is 1.29 bits per heavy atom. The lowest BCUT2D eigenvalue weighted by atomic mass is 10.1. The van der Waals surface area contributed by atoms with E-state index in [2.05, 4.69) is 37.9 Å². The van der Waals surface area contributed by atoms with Gasteiger partial charge in [0.1, 0.15) is 0 Å². The molecule has 2 aliphatic heterocycles. The average molecular weight is 424 g/mol. The van der Waals surface area contributed by atoms with Crippen LogP contribution in [0.2, 0.25) is 0 Å². The second-order valence-electron chi connectivity index (χ2n) is 8.33. The topological polar surface area (TPSA) is 77.8 Å². The van der Waals surface area contributed by atoms with Crippen LogP contribution in [0.5, 0.6) is 0 Å². The molecule has 1 aromatic carbocycles. The van der Waals surface area contributed by atoms with Gasteiger partial charge >= 0.3 is 0 Å². The summed E-state index contributed by atoms with van der Waals surface area (Å²) in [4.78, 5) is 21.3. The number of carbonyl (C=O) groups is 1. The third kappa shape index (κ3) is 5.18. The first-order valence-corrected chi connectivity index (χ1v) is 11.2. The molecule has 1 unspecified atom stereocenters. The number of hydrogen-bond acceptors (Lipinski definition) is 4. The fraction of sp³-hybridized carbons (Fsp3) is 0.522. The summed E-state index contributed by atoms with van der Waals surface area (Å²) in [6.45, 7) is 3.50. The molecule has 2 N–H and O–H groups in total. The molecule has 1 fully saturated rings. The predicted octanol–water partition coefficient (Wildman–Crippen LogP) is 1.92. The zero-order chi connectivity index (χ0) is 21.6. The van der Waals surface area contributed by atoms with Gasteiger partial charge in [-0.15, -0.1) is 0 Å². The number of rotatable bonds is 6. The van der Waals surface area contributed by atoms with E-state index in [4.69, 9.17) is 0 Å². The molecule has 8 heteroatoms. The number of carbonyl (C=O) groups excluding carboxylic acids is 1. The van der Waals surface area contributed by atoms with E-state index in [0.717, 1.165) is 63.5 Å². The highest BCUT2D eigenvalue weighted by Crippen LogP contribution is 2.28. The molecule has 1 saturated heterocycles. The first kappa shape index (κ1) is 21.2. The summed E-state index contributed by atoms with van der Waals surface area (Å²) in [5, 5.41) is 11.2. The zero-order valence-corrected chi connectivity index (χ0v) is 18.5. The van der Waals surface area contributed by atoms with Gasteiger partial charge in [-0.05, 0) is 37.3 Å². The van der Waals surface area contributed by atoms with Gasteiger partial charge < -0.3 is 20.4 Å². The number of guanidine groups is 1. The Hall–Kier alpha value is -3.03. The number of aliphatic imine (C=N–C) groups is 1. The Kier molecular flexibility index (Phi) is 6.74. The van der Waals surface area contributed by atoms with Crippen molar-refractivity contribution in [1.29, 1.82) is 0 Å². The van der Waals surface area contributed by atoms with Gasteiger partial charge in [0.05, 0.1) is 11.9 Å². The summed E-state index contributed by atoms with van der Waals surface area (Å²) < 4.78 is 1.84. The summed E-state index contributed by atoms with van der Waals surface area (Å²) in [6.07, 6.45) is 8.51. The molecular formula is C23H33N7O. The molecule has 1 amide bonds. The number of aromatic nitrogens is 2. The second kappa shape index (κ2) is 9.85. The average Bonchev–Trinajstić information content (AvgIpc) is 3.42. The minimum atomic E-state index is 0.203. The SMILES string of the molecule is CN=C(NCCCC(=O)N1CCc2ccccc21)NC1CCCN(c2cnn(C)c2)C1. The quantitative estimate of drug-likeness (QED) is 0.422. The molecule has 166 valence electrons. The third-order valence-corrected chi connectivity index (χ3v) is 6.09. The lowest BCUT2D eigenvalue weighted by Gasteiger charge is -2.34. The van der Waals surface area contributed by atoms with E-state index in [1.54, 1.807) is 7.05 Å². The van der Waals surface area contributed by atoms with Crippen molar-refractivity contribution in [3.63, 3.8) is 0 Å². The van der Waals surface area contributed by atoms with E-state index in [0.29, 0.717) is 12.5 Å². The Labute approximate surface area is 184 Å². The minimum Gasteiger partial charge on any atom is -0.367 e. The van der Waals surface area contributed by atoms with Gasteiger partial charge in [0, 0.05) is 64.6 Å². The van der Waals surface area contributed by atoms with E-state index in [-0.39, 0.29) is 5.91 Å². The van der Waals surface area contributed by atoms with Crippen LogP contribution in [0.1, 0.15) is 31.2 Å². The van der Waals surface area contributed by atoms with Crippen molar-refractivity contribution in [2.24, 2.45) is 12.0 Å². The number of piperidine rings is 1. The molecule has 3 heterocycles. The Morgan fingerprint density at radius 2 is 2.16 bits per heavy atom. The van der Waals surface area contributed by atoms with E-state index >= 15 is 0 Å². The van der Waals surface area contributed by atoms with E-state index in [1.807, 2.05) is 41.0 Å². The molecule has 1 atom stereocenters. The highest BCUT2D eigenvalue weighted by Gasteiger charge is 2.24. The number of fused-ring (bicyclic) bond motifs is 1. The Morgan fingerprint density at radius 3 is 2.97 bits per heavy atom. The highest BCUT2D eigenvalue weighted by molar-refractivity contribution is 5.95. The van der Waals surface area contributed by atoms with Gasteiger partial charge in [0.2, 0.25) is 5.91 Å². The largest absolute Gasteiger partial charge is 0.367 e. The van der Waals surface area contributed by atoms with Gasteiger partial charge in [-0.3, -0.25) is 14.5 Å². The van der Waals surface area contributed by atoms with Crippen LogP contribution >= 0.6 is 0 Å². The number of anilines is 2. The van der Waals surface area contributed by atoms with Crippen molar-refractivity contribution in [3.05, 3.63) is 42.2 Å². The van der Waals surface area contributed by atoms with E-state index < -0.39 is 0 Å². The van der Waals surface area contributed by atoms with Gasteiger partial charge in [0.15, 0.2) is 5.96 Å². The summed E-state index contributed by atoms with van der Waals surface area (Å²) >= 11 is 0. The van der Waals surface area contributed by atoms with Crippen LogP contribution in [0.3, 0.4) is 0 Å². The normalized spacial score (nSPS) is 18.8. The summed E-state index contributed by atoms with van der Waals surface area (Å²) in [5.41, 5.74) is 3.51. The molecular weight excluding hydrogens is 390 g/mol. The van der Waals surface area contributed by atoms with Crippen LogP contribution in [0, 0.1) is 0 Å². The number of para-hydroxylation sites is 1. The number of amides is 1. The first-order valence-electron chi connectivity index (χ1n) is 11.2. The van der Waals surface area contributed by atoms with Crippen LogP contribution in [-0.2, 0) is 18.3 Å². The Bertz CT molecular complexity index is 922. The summed E-state index contributed by atoms with van der Waals surface area (Å²) in [5.74, 6) is 1.01. The molecule has 4 rings (SSSR count). The molecule has 0 spiro atoms. The molecule has 0 radical (unpaired) electrons. The van der Waals surface area contributed by atoms with Crippen molar-refractivity contribution in [3.8, 4) is 0 Å². The minimum absolute atomic E-state index is 0.203. The maximum Gasteiger partial charge on any atom is 0.227 e. The number of nitrogens with one attached hydrogen (secondary N) is 2. The van der Waals surface area contributed by atoms with Gasteiger partial charge in [-0.2, -0.15) is 5.10 Å². The summed E-state index contributed by atoms with van der Waals surface area (Å²) in [7, 11) is 3.74. The third-order valence-electron chi connectivity index (χ3n) is 6.09. The summed E-state index contributed by atoms with van der Waals surface area (Å²) in [6, 6.07) is 8.53. The number of nitrogens with zero attached hydrogens (tertiary/aromatic N) is 5. The van der Waals surface area contributed by atoms with Crippen molar-refractivity contribution in [2.45, 2.75) is 38.1 Å². The standard InChI is InChI=1S/C23H33N7O/c1-24-23(27-19-8-6-13-29(16-19)20-15-26-28(2)17-20)25-12-5-10-22(31)30-14-11-18-7-3-4-9-21(18)30/h3-4,7,9,15,17,19H,5-6,8,10-14,16H2,1-2H3,(H2,24,25,27). The number of hydrogen-bond donors (Lipinski definition) is 2. The van der Waals surface area contributed by atoms with Crippen molar-refractivity contribution in [2.75, 3.05) is 43.0 Å². The molecule has 0 saturated carbocycles. The van der Waals surface area contributed by atoms with Gasteiger partial charge in [0.25, 0.3) is 0 Å². The van der Waals surface area contributed by atoms with Gasteiger partial charge in [-0.25, -0.2) is 0 Å². The lowest BCUT2D eigenvalue weighted by molar-refractivity contribution is -0.118. The lowest BCUT2D eigenvalue weighted by Crippen LogP contribution is -2.51. The molecule has 31 heavy (non-hydrogen) atoms. The molecule has 0 aliphatic carbocycles. The monoisotopic (exact) mass is 423 g/mol. The number of aryl methyl sites for hydroxylation is 1. The van der Waals surface area contributed by atoms with E-state index in [9.17, 15) is 4.79 Å². The molecule has 2 aromatic rings. The second-order valence-corrected chi connectivity index (χ2v) is 8.33. The van der Waals surface area contributed by atoms with Crippen molar-refractivity contribution < 1.29 is 4.79 Å². The number of benzene rings is 1. The maximum atomic E-state index is 12.7. The van der Waals surface area contributed by atoms with Crippen LogP contribution in [-0.4, -0.2) is 60.9 Å². The van der Waals surface area contributed by atoms with E-state index in [1.165, 1.54) is 11.3 Å². The zero-order valence-electron chi connectivity index (χ0n) is 18.5. The van der Waals surface area contributed by atoms with Crippen molar-refractivity contribution >= 4 is 23.2 Å². The highest BCUT2D eigenvalue weighted by atomic mass is 16.2. The van der Waals surface area contributed by atoms with Crippen LogP contribution in [0.15, 0.2) is 41.7 Å². The van der Waals surface area contributed by atoms with Crippen LogP contribution in [0.4, 0.5) is 11.4 Å². The predicted molar refractivity (Wildman–Crippen MR) is 125 cm³/mol. The molecule has 1 aromatic heterocycles. The van der Waals surface area contributed by atoms with Crippen LogP contribution < -0.4 is 20.4 Å². The smallest absolute Gasteiger partial charge is 0.227 e. The van der Waals surface area contributed by atoms with Gasteiger partial charge in [-0.1, -0.05) is 18.2 Å². The van der Waals surface area contributed by atoms with Crippen LogP contribution in [0.25, 0.3) is 0 Å². The molecule has 8 nitrogen and oxygen atoms in total. The maximum absolute atomic E-state index is 12.7.